The molecular weight excluding hydrogens is 345 g/mol. The number of halogens is 1. The maximum Gasteiger partial charge on any atom is 0.358 e. The van der Waals surface area contributed by atoms with Crippen LogP contribution in [0.5, 0.6) is 0 Å². The van der Waals surface area contributed by atoms with Crippen molar-refractivity contribution in [2.45, 2.75) is 19.8 Å². The van der Waals surface area contributed by atoms with E-state index >= 15 is 0 Å². The highest BCUT2D eigenvalue weighted by atomic mass is 127. The molecule has 0 saturated carbocycles. The first-order valence-electron chi connectivity index (χ1n) is 5.46. The van der Waals surface area contributed by atoms with E-state index in [-0.39, 0.29) is 11.6 Å². The number of carbonyl (C=O) groups is 1. The molecule has 0 fully saturated rings. The van der Waals surface area contributed by atoms with Crippen molar-refractivity contribution in [2.75, 3.05) is 0 Å². The molecule has 0 radical (unpaired) electrons. The fourth-order valence-corrected chi connectivity index (χ4v) is 2.38. The molecule has 6 heteroatoms. The fraction of sp³-hybridized carbons (Fsp3) is 0.250. The van der Waals surface area contributed by atoms with Crippen LogP contribution < -0.4 is 0 Å². The number of aromatic carboxylic acids is 1. The molecule has 0 aliphatic carbocycles. The second-order valence-corrected chi connectivity index (χ2v) is 5.31. The lowest BCUT2D eigenvalue weighted by Crippen LogP contribution is -2.09. The first kappa shape index (κ1) is 13.0. The molecule has 1 aromatic carbocycles. The summed E-state index contributed by atoms with van der Waals surface area (Å²) < 4.78 is 2.61. The maximum absolute atomic E-state index is 11.1. The van der Waals surface area contributed by atoms with Gasteiger partial charge in [-0.05, 0) is 40.6 Å². The summed E-state index contributed by atoms with van der Waals surface area (Å²) in [5.74, 6) is -1.02. The number of hydrogen-bond acceptors (Lipinski definition) is 3. The summed E-state index contributed by atoms with van der Waals surface area (Å²) >= 11 is 2.19. The third-order valence-electron chi connectivity index (χ3n) is 2.54. The van der Waals surface area contributed by atoms with Crippen LogP contribution in [0, 0.1) is 3.57 Å². The Morgan fingerprint density at radius 1 is 1.39 bits per heavy atom. The molecular formula is C12H12IN3O2. The minimum atomic E-state index is -1.05. The minimum Gasteiger partial charge on any atom is -0.476 e. The standard InChI is InChI=1S/C12H12IN3O2/c1-7(2)11-10(12(17)18)14-15-16(11)9-6-4-3-5-8(9)13/h3-7H,1-2H3,(H,17,18). The molecule has 1 aromatic heterocycles. The van der Waals surface area contributed by atoms with Crippen LogP contribution in [0.2, 0.25) is 0 Å². The van der Waals surface area contributed by atoms with Gasteiger partial charge >= 0.3 is 5.97 Å². The average molecular weight is 357 g/mol. The third-order valence-corrected chi connectivity index (χ3v) is 3.45. The van der Waals surface area contributed by atoms with Crippen LogP contribution in [-0.4, -0.2) is 26.1 Å². The van der Waals surface area contributed by atoms with Crippen molar-refractivity contribution >= 4 is 28.6 Å². The van der Waals surface area contributed by atoms with E-state index in [4.69, 9.17) is 5.11 Å². The Morgan fingerprint density at radius 3 is 2.61 bits per heavy atom. The number of benzene rings is 1. The molecule has 0 bridgehead atoms. The Hall–Kier alpha value is -1.44. The molecule has 0 unspecified atom stereocenters. The number of carboxylic acid groups (broad SMARTS) is 1. The summed E-state index contributed by atoms with van der Waals surface area (Å²) in [6.07, 6.45) is 0. The average Bonchev–Trinajstić information content (AvgIpc) is 2.74. The molecule has 94 valence electrons. The zero-order valence-corrected chi connectivity index (χ0v) is 12.1. The Morgan fingerprint density at radius 2 is 2.06 bits per heavy atom. The van der Waals surface area contributed by atoms with E-state index in [1.165, 1.54) is 0 Å². The summed E-state index contributed by atoms with van der Waals surface area (Å²) in [6, 6.07) is 7.66. The topological polar surface area (TPSA) is 68.0 Å². The van der Waals surface area contributed by atoms with Gasteiger partial charge in [-0.1, -0.05) is 31.2 Å². The Kier molecular flexibility index (Phi) is 3.65. The highest BCUT2D eigenvalue weighted by Gasteiger charge is 2.22. The van der Waals surface area contributed by atoms with Crippen LogP contribution in [0.25, 0.3) is 5.69 Å². The SMILES string of the molecule is CC(C)c1c(C(=O)O)nnn1-c1ccccc1I. The van der Waals surface area contributed by atoms with Crippen molar-refractivity contribution in [3.05, 3.63) is 39.2 Å². The highest BCUT2D eigenvalue weighted by Crippen LogP contribution is 2.24. The number of hydrogen-bond donors (Lipinski definition) is 1. The zero-order valence-electron chi connectivity index (χ0n) is 9.96. The van der Waals surface area contributed by atoms with Crippen LogP contribution >= 0.6 is 22.6 Å². The fourth-order valence-electron chi connectivity index (χ4n) is 1.76. The second kappa shape index (κ2) is 5.05. The molecule has 0 saturated heterocycles. The van der Waals surface area contributed by atoms with Crippen molar-refractivity contribution < 1.29 is 9.90 Å². The quantitative estimate of drug-likeness (QED) is 0.858. The van der Waals surface area contributed by atoms with E-state index in [2.05, 4.69) is 32.9 Å². The van der Waals surface area contributed by atoms with Crippen LogP contribution in [0.4, 0.5) is 0 Å². The zero-order chi connectivity index (χ0) is 13.3. The first-order chi connectivity index (χ1) is 8.52. The van der Waals surface area contributed by atoms with E-state index in [0.29, 0.717) is 5.69 Å². The molecule has 1 N–H and O–H groups in total. The van der Waals surface area contributed by atoms with E-state index < -0.39 is 5.97 Å². The summed E-state index contributed by atoms with van der Waals surface area (Å²) in [5.41, 5.74) is 1.48. The van der Waals surface area contributed by atoms with Crippen LogP contribution in [0.1, 0.15) is 35.9 Å². The Bertz CT molecular complexity index is 593. The molecule has 0 aliphatic rings. The van der Waals surface area contributed by atoms with E-state index in [9.17, 15) is 4.79 Å². The van der Waals surface area contributed by atoms with Gasteiger partial charge in [-0.2, -0.15) is 0 Å². The first-order valence-corrected chi connectivity index (χ1v) is 6.54. The van der Waals surface area contributed by atoms with Crippen LogP contribution in [0.3, 0.4) is 0 Å². The monoisotopic (exact) mass is 357 g/mol. The van der Waals surface area contributed by atoms with Crippen molar-refractivity contribution in [2.24, 2.45) is 0 Å². The lowest BCUT2D eigenvalue weighted by atomic mass is 10.1. The normalized spacial score (nSPS) is 10.9. The van der Waals surface area contributed by atoms with Gasteiger partial charge in [-0.15, -0.1) is 5.10 Å². The molecule has 1 heterocycles. The smallest absolute Gasteiger partial charge is 0.358 e. The van der Waals surface area contributed by atoms with Gasteiger partial charge in [0, 0.05) is 3.57 Å². The molecule has 0 amide bonds. The lowest BCUT2D eigenvalue weighted by molar-refractivity contribution is 0.0688. The van der Waals surface area contributed by atoms with Gasteiger partial charge in [-0.25, -0.2) is 9.48 Å². The van der Waals surface area contributed by atoms with Gasteiger partial charge in [0.05, 0.1) is 11.4 Å². The van der Waals surface area contributed by atoms with Gasteiger partial charge in [0.25, 0.3) is 0 Å². The van der Waals surface area contributed by atoms with Crippen molar-refractivity contribution in [3.63, 3.8) is 0 Å². The van der Waals surface area contributed by atoms with Gasteiger partial charge in [-0.3, -0.25) is 0 Å². The third kappa shape index (κ3) is 2.24. The predicted molar refractivity (Wildman–Crippen MR) is 75.1 cm³/mol. The van der Waals surface area contributed by atoms with Crippen molar-refractivity contribution in [3.8, 4) is 5.69 Å². The second-order valence-electron chi connectivity index (χ2n) is 4.15. The number of para-hydroxylation sites is 1. The Balaban J connectivity index is 2.66. The van der Waals surface area contributed by atoms with Gasteiger partial charge in [0.15, 0.2) is 5.69 Å². The molecule has 0 atom stereocenters. The lowest BCUT2D eigenvalue weighted by Gasteiger charge is -2.11. The molecule has 2 rings (SSSR count). The van der Waals surface area contributed by atoms with Crippen LogP contribution in [-0.2, 0) is 0 Å². The minimum absolute atomic E-state index is 0.0182. The number of rotatable bonds is 3. The van der Waals surface area contributed by atoms with E-state index in [0.717, 1.165) is 9.26 Å². The van der Waals surface area contributed by atoms with E-state index in [1.54, 1.807) is 4.68 Å². The summed E-state index contributed by atoms with van der Waals surface area (Å²) in [5, 5.41) is 16.9. The van der Waals surface area contributed by atoms with Crippen molar-refractivity contribution in [1.82, 2.24) is 15.0 Å². The number of carboxylic acids is 1. The summed E-state index contributed by atoms with van der Waals surface area (Å²) in [4.78, 5) is 11.1. The molecule has 5 nitrogen and oxygen atoms in total. The van der Waals surface area contributed by atoms with Gasteiger partial charge in [0.1, 0.15) is 0 Å². The number of aromatic nitrogens is 3. The molecule has 2 aromatic rings. The summed E-state index contributed by atoms with van der Waals surface area (Å²) in [7, 11) is 0. The number of nitrogens with zero attached hydrogens (tertiary/aromatic N) is 3. The Labute approximate surface area is 118 Å². The van der Waals surface area contributed by atoms with E-state index in [1.807, 2.05) is 38.1 Å². The predicted octanol–water partition coefficient (Wildman–Crippen LogP) is 2.69. The molecule has 18 heavy (non-hydrogen) atoms. The summed E-state index contributed by atoms with van der Waals surface area (Å²) in [6.45, 7) is 3.86. The molecule has 0 spiro atoms. The largest absolute Gasteiger partial charge is 0.476 e. The van der Waals surface area contributed by atoms with Gasteiger partial charge < -0.3 is 5.11 Å². The maximum atomic E-state index is 11.1. The van der Waals surface area contributed by atoms with Crippen LogP contribution in [0.15, 0.2) is 24.3 Å². The van der Waals surface area contributed by atoms with Gasteiger partial charge in [0.2, 0.25) is 0 Å². The molecule has 0 aliphatic heterocycles. The highest BCUT2D eigenvalue weighted by molar-refractivity contribution is 14.1. The van der Waals surface area contributed by atoms with Crippen molar-refractivity contribution in [1.29, 1.82) is 0 Å².